The highest BCUT2D eigenvalue weighted by Gasteiger charge is 2.45. The minimum Gasteiger partial charge on any atom is -0.464 e. The molecule has 0 N–H and O–H groups in total. The highest BCUT2D eigenvalue weighted by molar-refractivity contribution is 6.18. The van der Waals surface area contributed by atoms with Gasteiger partial charge in [-0.25, -0.2) is 0 Å². The van der Waals surface area contributed by atoms with Gasteiger partial charge in [-0.05, 0) is 24.5 Å². The van der Waals surface area contributed by atoms with Gasteiger partial charge in [-0.15, -0.1) is 11.6 Å². The molecule has 0 saturated heterocycles. The predicted molar refractivity (Wildman–Crippen MR) is 103 cm³/mol. The first-order valence-electron chi connectivity index (χ1n) is 9.18. The Balaban J connectivity index is 1.93. The van der Waals surface area contributed by atoms with Crippen molar-refractivity contribution in [1.29, 1.82) is 0 Å². The van der Waals surface area contributed by atoms with E-state index in [1.54, 1.807) is 0 Å². The summed E-state index contributed by atoms with van der Waals surface area (Å²) < 4.78 is 7.25. The number of halogens is 1. The summed E-state index contributed by atoms with van der Waals surface area (Å²) in [6.45, 7) is 4.38. The Morgan fingerprint density at radius 3 is 2.77 bits per heavy atom. The van der Waals surface area contributed by atoms with Crippen molar-refractivity contribution in [3.05, 3.63) is 36.0 Å². The highest BCUT2D eigenvalue weighted by Crippen LogP contribution is 2.43. The largest absolute Gasteiger partial charge is 0.464 e. The summed E-state index contributed by atoms with van der Waals surface area (Å²) in [6, 6.07) is 8.24. The van der Waals surface area contributed by atoms with Gasteiger partial charge in [0.15, 0.2) is 5.78 Å². The van der Waals surface area contributed by atoms with Crippen LogP contribution in [0, 0.1) is 11.8 Å². The van der Waals surface area contributed by atoms with Crippen LogP contribution in [0.2, 0.25) is 0 Å². The van der Waals surface area contributed by atoms with Gasteiger partial charge in [0.1, 0.15) is 12.5 Å². The molecule has 0 aliphatic heterocycles. The first-order valence-corrected chi connectivity index (χ1v) is 9.72. The van der Waals surface area contributed by atoms with E-state index < -0.39 is 11.9 Å². The maximum atomic E-state index is 13.2. The van der Waals surface area contributed by atoms with E-state index in [1.165, 1.54) is 5.39 Å². The third-order valence-corrected chi connectivity index (χ3v) is 5.90. The Hall–Kier alpha value is -1.81. The number of ketones is 1. The zero-order valence-corrected chi connectivity index (χ0v) is 16.4. The van der Waals surface area contributed by atoms with Crippen LogP contribution in [-0.4, -0.2) is 28.8 Å². The maximum absolute atomic E-state index is 13.2. The van der Waals surface area contributed by atoms with Gasteiger partial charge in [-0.2, -0.15) is 0 Å². The fourth-order valence-electron chi connectivity index (χ4n) is 4.29. The van der Waals surface area contributed by atoms with Crippen molar-refractivity contribution in [3.63, 3.8) is 0 Å². The number of ether oxygens (including phenoxy) is 1. The topological polar surface area (TPSA) is 48.3 Å². The van der Waals surface area contributed by atoms with E-state index in [-0.39, 0.29) is 29.6 Å². The smallest absolute Gasteiger partial charge is 0.316 e. The molecule has 2 aromatic rings. The average molecular weight is 376 g/mol. The van der Waals surface area contributed by atoms with Crippen LogP contribution in [-0.2, 0) is 26.8 Å². The lowest BCUT2D eigenvalue weighted by Gasteiger charge is -2.38. The van der Waals surface area contributed by atoms with Crippen molar-refractivity contribution in [2.24, 2.45) is 18.9 Å². The zero-order valence-electron chi connectivity index (χ0n) is 15.6. The lowest BCUT2D eigenvalue weighted by Crippen LogP contribution is -2.43. The molecule has 3 rings (SSSR count). The van der Waals surface area contributed by atoms with Gasteiger partial charge >= 0.3 is 5.97 Å². The predicted octanol–water partition coefficient (Wildman–Crippen LogP) is 4.22. The van der Waals surface area contributed by atoms with E-state index in [1.807, 2.05) is 19.2 Å². The van der Waals surface area contributed by atoms with Gasteiger partial charge < -0.3 is 9.30 Å². The summed E-state index contributed by atoms with van der Waals surface area (Å²) in [7, 11) is 2.02. The molecule has 1 heterocycles. The first kappa shape index (κ1) is 19.0. The number of hydrogen-bond donors (Lipinski definition) is 0. The van der Waals surface area contributed by atoms with Gasteiger partial charge in [-0.3, -0.25) is 9.59 Å². The van der Waals surface area contributed by atoms with Crippen LogP contribution < -0.4 is 0 Å². The van der Waals surface area contributed by atoms with Gasteiger partial charge in [-0.1, -0.05) is 38.5 Å². The second kappa shape index (κ2) is 7.43. The number of carbonyl (C=O) groups is 2. The molecule has 1 fully saturated rings. The molecule has 140 valence electrons. The van der Waals surface area contributed by atoms with E-state index in [4.69, 9.17) is 16.3 Å². The van der Waals surface area contributed by atoms with Crippen LogP contribution in [0.5, 0.6) is 0 Å². The molecule has 0 spiro atoms. The normalized spacial score (nSPS) is 21.2. The Bertz CT molecular complexity index is 824. The third-order valence-electron chi connectivity index (χ3n) is 5.74. The van der Waals surface area contributed by atoms with E-state index >= 15 is 0 Å². The lowest BCUT2D eigenvalue weighted by atomic mass is 9.64. The Morgan fingerprint density at radius 1 is 1.31 bits per heavy atom. The number of fused-ring (bicyclic) bond motifs is 1. The van der Waals surface area contributed by atoms with Crippen LogP contribution in [0.25, 0.3) is 10.9 Å². The van der Waals surface area contributed by atoms with Crippen LogP contribution in [0.4, 0.5) is 0 Å². The molecule has 1 aromatic heterocycles. The van der Waals surface area contributed by atoms with Crippen molar-refractivity contribution in [2.75, 3.05) is 12.5 Å². The van der Waals surface area contributed by atoms with Crippen LogP contribution in [0.3, 0.4) is 0 Å². The Kier molecular flexibility index (Phi) is 5.42. The standard InChI is InChI=1S/C21H26ClNO3/c1-21(2,17-13-23(3)18-10-5-4-7-14(17)18)16-9-6-8-15(19(16)24)20(25)26-12-11-22/h4-5,7,10,13,15-16H,6,8-9,11-12H2,1-3H3. The summed E-state index contributed by atoms with van der Waals surface area (Å²) >= 11 is 5.60. The maximum Gasteiger partial charge on any atom is 0.316 e. The second-order valence-electron chi connectivity index (χ2n) is 7.69. The molecule has 5 heteroatoms. The van der Waals surface area contributed by atoms with Gasteiger partial charge in [0.05, 0.1) is 5.88 Å². The number of carbonyl (C=O) groups excluding carboxylic acids is 2. The number of para-hydroxylation sites is 1. The molecule has 0 radical (unpaired) electrons. The second-order valence-corrected chi connectivity index (χ2v) is 8.07. The molecule has 2 unspecified atom stereocenters. The van der Waals surface area contributed by atoms with E-state index in [0.717, 1.165) is 23.9 Å². The van der Waals surface area contributed by atoms with Crippen molar-refractivity contribution in [3.8, 4) is 0 Å². The Morgan fingerprint density at radius 2 is 2.04 bits per heavy atom. The molecule has 2 atom stereocenters. The lowest BCUT2D eigenvalue weighted by molar-refractivity contribution is -0.154. The summed E-state index contributed by atoms with van der Waals surface area (Å²) in [6.07, 6.45) is 4.34. The number of benzene rings is 1. The Labute approximate surface area is 159 Å². The molecule has 1 aliphatic rings. The quantitative estimate of drug-likeness (QED) is 0.446. The molecule has 26 heavy (non-hydrogen) atoms. The number of alkyl halides is 1. The first-order chi connectivity index (χ1) is 12.4. The molecule has 0 bridgehead atoms. The fourth-order valence-corrected chi connectivity index (χ4v) is 4.36. The monoisotopic (exact) mass is 375 g/mol. The number of rotatable bonds is 5. The van der Waals surface area contributed by atoms with Gasteiger partial charge in [0.25, 0.3) is 0 Å². The van der Waals surface area contributed by atoms with E-state index in [0.29, 0.717) is 6.42 Å². The minimum absolute atomic E-state index is 0.00811. The highest BCUT2D eigenvalue weighted by atomic mass is 35.5. The van der Waals surface area contributed by atoms with Gasteiger partial charge in [0, 0.05) is 35.5 Å². The molecule has 1 aliphatic carbocycles. The van der Waals surface area contributed by atoms with Crippen LogP contribution >= 0.6 is 11.6 Å². The fraction of sp³-hybridized carbons (Fsp3) is 0.524. The minimum atomic E-state index is -0.661. The molecular formula is C21H26ClNO3. The van der Waals surface area contributed by atoms with E-state index in [9.17, 15) is 9.59 Å². The van der Waals surface area contributed by atoms with Gasteiger partial charge in [0.2, 0.25) is 0 Å². The zero-order chi connectivity index (χ0) is 18.9. The third kappa shape index (κ3) is 3.27. The molecule has 0 amide bonds. The number of Topliss-reactive ketones (excluding diaryl/α,β-unsaturated/α-hetero) is 1. The van der Waals surface area contributed by atoms with Crippen LogP contribution in [0.15, 0.2) is 30.5 Å². The SMILES string of the molecule is Cn1cc(C(C)(C)C2CCCC(C(=O)OCCCl)C2=O)c2ccccc21. The summed E-state index contributed by atoms with van der Waals surface area (Å²) in [5.41, 5.74) is 1.95. The van der Waals surface area contributed by atoms with Crippen molar-refractivity contribution in [2.45, 2.75) is 38.5 Å². The molecule has 4 nitrogen and oxygen atoms in total. The molecular weight excluding hydrogens is 350 g/mol. The van der Waals surface area contributed by atoms with Crippen molar-refractivity contribution < 1.29 is 14.3 Å². The molecule has 1 aromatic carbocycles. The van der Waals surface area contributed by atoms with Crippen molar-refractivity contribution >= 4 is 34.3 Å². The molecule has 1 saturated carbocycles. The number of hydrogen-bond acceptors (Lipinski definition) is 3. The van der Waals surface area contributed by atoms with Crippen LogP contribution in [0.1, 0.15) is 38.7 Å². The number of nitrogens with zero attached hydrogens (tertiary/aromatic N) is 1. The number of aryl methyl sites for hydroxylation is 1. The average Bonchev–Trinajstić information content (AvgIpc) is 2.97. The summed E-state index contributed by atoms with van der Waals surface area (Å²) in [5, 5.41) is 1.17. The number of aromatic nitrogens is 1. The van der Waals surface area contributed by atoms with E-state index in [2.05, 4.69) is 36.7 Å². The van der Waals surface area contributed by atoms with Crippen molar-refractivity contribution in [1.82, 2.24) is 4.57 Å². The summed E-state index contributed by atoms with van der Waals surface area (Å²) in [4.78, 5) is 25.4. The summed E-state index contributed by atoms with van der Waals surface area (Å²) in [5.74, 6) is -1.03. The number of esters is 1.